The van der Waals surface area contributed by atoms with Crippen molar-refractivity contribution in [2.45, 2.75) is 149 Å². The molecule has 1 heterocycles. The Balaban J connectivity index is 2.54. The zero-order chi connectivity index (χ0) is 37.6. The van der Waals surface area contributed by atoms with E-state index >= 15 is 0 Å². The summed E-state index contributed by atoms with van der Waals surface area (Å²) in [6.07, 6.45) is 9.70. The summed E-state index contributed by atoms with van der Waals surface area (Å²) < 4.78 is 11.2. The van der Waals surface area contributed by atoms with E-state index < -0.39 is 23.8 Å². The second-order valence-electron chi connectivity index (χ2n) is 15.3. The van der Waals surface area contributed by atoms with Gasteiger partial charge in [0.25, 0.3) is 0 Å². The average Bonchev–Trinajstić information content (AvgIpc) is 3.74. The smallest absolute Gasteiger partial charge is 0.407 e. The summed E-state index contributed by atoms with van der Waals surface area (Å²) in [5.41, 5.74) is 4.55. The van der Waals surface area contributed by atoms with Crippen molar-refractivity contribution in [3.05, 3.63) is 0 Å². The molecule has 0 aromatic carbocycles. The molecule has 1 rings (SSSR count). The summed E-state index contributed by atoms with van der Waals surface area (Å²) >= 11 is 0. The molecular formula is C36H71N7O7. The van der Waals surface area contributed by atoms with Crippen molar-refractivity contribution in [2.24, 2.45) is 5.73 Å². The maximum Gasteiger partial charge on any atom is 0.407 e. The van der Waals surface area contributed by atoms with Crippen LogP contribution < -0.4 is 16.4 Å². The van der Waals surface area contributed by atoms with Gasteiger partial charge in [0.15, 0.2) is 0 Å². The molecule has 0 aromatic heterocycles. The lowest BCUT2D eigenvalue weighted by atomic mass is 10.1. The zero-order valence-electron chi connectivity index (χ0n) is 32.3. The third-order valence-electron chi connectivity index (χ3n) is 8.67. The van der Waals surface area contributed by atoms with E-state index in [-0.39, 0.29) is 24.8 Å². The van der Waals surface area contributed by atoms with Gasteiger partial charge in [0.2, 0.25) is 6.41 Å². The first kappa shape index (κ1) is 45.5. The van der Waals surface area contributed by atoms with E-state index in [1.165, 1.54) is 5.06 Å². The Bertz CT molecular complexity index is 979. The molecule has 0 radical (unpaired) electrons. The van der Waals surface area contributed by atoms with Crippen LogP contribution in [0.3, 0.4) is 0 Å². The van der Waals surface area contributed by atoms with E-state index in [0.29, 0.717) is 58.0 Å². The number of nitrogens with zero attached hydrogens (tertiary/aromatic N) is 4. The number of urea groups is 2. The van der Waals surface area contributed by atoms with Crippen molar-refractivity contribution in [1.82, 2.24) is 30.4 Å². The van der Waals surface area contributed by atoms with Crippen LogP contribution >= 0.6 is 0 Å². The number of nitrogens with one attached hydrogen (secondary N) is 2. The van der Waals surface area contributed by atoms with E-state index in [1.54, 1.807) is 18.7 Å². The molecule has 292 valence electrons. The molecule has 1 saturated heterocycles. The molecule has 14 nitrogen and oxygen atoms in total. The normalized spacial score (nSPS) is 16.5. The van der Waals surface area contributed by atoms with E-state index in [0.717, 1.165) is 82.2 Å². The number of carbonyl (C=O) groups is 4. The Kier molecular flexibility index (Phi) is 22.4. The minimum atomic E-state index is -0.763. The highest BCUT2D eigenvalue weighted by molar-refractivity contribution is 5.97. The van der Waals surface area contributed by atoms with Crippen LogP contribution in [-0.4, -0.2) is 132 Å². The van der Waals surface area contributed by atoms with Crippen LogP contribution in [0.4, 0.5) is 14.4 Å². The fourth-order valence-corrected chi connectivity index (χ4v) is 5.46. The molecule has 6 amide bonds. The summed E-state index contributed by atoms with van der Waals surface area (Å²) in [4.78, 5) is 55.0. The fourth-order valence-electron chi connectivity index (χ4n) is 5.46. The summed E-state index contributed by atoms with van der Waals surface area (Å²) in [6.45, 7) is 18.8. The lowest BCUT2D eigenvalue weighted by Gasteiger charge is -2.29. The second-order valence-corrected chi connectivity index (χ2v) is 15.3. The first-order valence-corrected chi connectivity index (χ1v) is 18.9. The van der Waals surface area contributed by atoms with Crippen LogP contribution in [0.15, 0.2) is 0 Å². The average molecular weight is 714 g/mol. The van der Waals surface area contributed by atoms with Gasteiger partial charge in [-0.1, -0.05) is 38.5 Å². The monoisotopic (exact) mass is 714 g/mol. The number of carbonyl (C=O) groups excluding carboxylic acids is 4. The molecular weight excluding hydrogens is 642 g/mol. The van der Waals surface area contributed by atoms with Crippen molar-refractivity contribution in [3.8, 4) is 0 Å². The first-order chi connectivity index (χ1) is 23.6. The maximum absolute atomic E-state index is 13.7. The molecule has 3 atom stereocenters. The number of hydrogen-bond acceptors (Lipinski definition) is 10. The molecule has 0 saturated carbocycles. The summed E-state index contributed by atoms with van der Waals surface area (Å²) in [5.74, 6) is 0. The lowest BCUT2D eigenvalue weighted by molar-refractivity contribution is -0.124. The van der Waals surface area contributed by atoms with Crippen molar-refractivity contribution >= 4 is 24.6 Å². The summed E-state index contributed by atoms with van der Waals surface area (Å²) in [5, 5.41) is 16.7. The van der Waals surface area contributed by atoms with Gasteiger partial charge in [0.05, 0.1) is 12.2 Å². The van der Waals surface area contributed by atoms with Crippen molar-refractivity contribution in [1.29, 1.82) is 0 Å². The van der Waals surface area contributed by atoms with Crippen LogP contribution in [0.25, 0.3) is 0 Å². The van der Waals surface area contributed by atoms with Crippen LogP contribution in [0.1, 0.15) is 126 Å². The van der Waals surface area contributed by atoms with Crippen molar-refractivity contribution < 1.29 is 33.9 Å². The van der Waals surface area contributed by atoms with Gasteiger partial charge in [-0.3, -0.25) is 15.0 Å². The molecule has 1 aliphatic heterocycles. The molecule has 0 bridgehead atoms. The largest absolute Gasteiger partial charge is 0.441 e. The molecule has 1 fully saturated rings. The number of imide groups is 2. The highest BCUT2D eigenvalue weighted by Crippen LogP contribution is 2.18. The number of rotatable bonds is 27. The highest BCUT2D eigenvalue weighted by atomic mass is 16.6. The standard InChI is InChI=1S/C36H71N7O7/c1-30-26-41(30)27-31(2)43(48)25-19-13-12-17-23-40(22-16-10-8-14-20-37)34(47)42(32(45)39-29-44)24-18-11-9-15-21-38-33(46)50-36(6,7)28-49-35(3,4)5/h29-31,48H,8-28,37H2,1-7H3,(H,38,46)(H,39,44,45). The Morgan fingerprint density at radius 3 is 1.98 bits per heavy atom. The first-order valence-electron chi connectivity index (χ1n) is 18.9. The van der Waals surface area contributed by atoms with Gasteiger partial charge in [0.1, 0.15) is 5.60 Å². The third-order valence-corrected chi connectivity index (χ3v) is 8.67. The van der Waals surface area contributed by atoms with Crippen molar-refractivity contribution in [3.63, 3.8) is 0 Å². The summed E-state index contributed by atoms with van der Waals surface area (Å²) in [6, 6.07) is -0.421. The Hall–Kier alpha value is -2.52. The van der Waals surface area contributed by atoms with Crippen LogP contribution in [0, 0.1) is 0 Å². The molecule has 50 heavy (non-hydrogen) atoms. The molecule has 3 unspecified atom stereocenters. The van der Waals surface area contributed by atoms with Gasteiger partial charge in [-0.05, 0) is 93.5 Å². The highest BCUT2D eigenvalue weighted by Gasteiger charge is 2.31. The van der Waals surface area contributed by atoms with E-state index in [9.17, 15) is 24.4 Å². The van der Waals surface area contributed by atoms with Gasteiger partial charge >= 0.3 is 18.2 Å². The van der Waals surface area contributed by atoms with Gasteiger partial charge in [-0.15, -0.1) is 0 Å². The minimum Gasteiger partial charge on any atom is -0.441 e. The van der Waals surface area contributed by atoms with Crippen molar-refractivity contribution in [2.75, 3.05) is 59.0 Å². The number of amides is 6. The Morgan fingerprint density at radius 1 is 0.900 bits per heavy atom. The molecule has 0 spiro atoms. The third kappa shape index (κ3) is 21.6. The number of alkyl carbamates (subject to hydrolysis) is 1. The number of unbranched alkanes of at least 4 members (excludes halogenated alkanes) is 9. The van der Waals surface area contributed by atoms with E-state index in [4.69, 9.17) is 15.2 Å². The van der Waals surface area contributed by atoms with Crippen LogP contribution in [0.2, 0.25) is 0 Å². The predicted molar refractivity (Wildman–Crippen MR) is 196 cm³/mol. The number of hydrogen-bond donors (Lipinski definition) is 4. The Labute approximate surface area is 302 Å². The Morgan fingerprint density at radius 2 is 1.44 bits per heavy atom. The summed E-state index contributed by atoms with van der Waals surface area (Å²) in [7, 11) is 0. The van der Waals surface area contributed by atoms with Gasteiger partial charge in [-0.25, -0.2) is 19.3 Å². The molecule has 14 heteroatoms. The number of hydroxylamine groups is 2. The number of ether oxygens (including phenoxy) is 2. The number of nitrogens with two attached hydrogens (primary N) is 1. The van der Waals surface area contributed by atoms with Crippen LogP contribution in [0.5, 0.6) is 0 Å². The second kappa shape index (κ2) is 24.6. The maximum atomic E-state index is 13.7. The fraction of sp³-hybridized carbons (Fsp3) is 0.889. The van der Waals surface area contributed by atoms with Crippen LogP contribution in [-0.2, 0) is 14.3 Å². The minimum absolute atomic E-state index is 0.0909. The molecule has 0 aliphatic carbocycles. The van der Waals surface area contributed by atoms with E-state index in [2.05, 4.69) is 22.5 Å². The predicted octanol–water partition coefficient (Wildman–Crippen LogP) is 5.32. The van der Waals surface area contributed by atoms with E-state index in [1.807, 2.05) is 27.7 Å². The van der Waals surface area contributed by atoms with Gasteiger partial charge < -0.3 is 30.6 Å². The zero-order valence-corrected chi connectivity index (χ0v) is 32.3. The quantitative estimate of drug-likeness (QED) is 0.0378. The van der Waals surface area contributed by atoms with Gasteiger partial charge in [-0.2, -0.15) is 5.06 Å². The SMILES string of the molecule is CC(CN1CC1C)N(O)CCCCCCN(CCCCCCN)C(=O)N(CCCCCCNC(=O)OC(C)(C)COC(C)(C)C)C(=O)NC=O. The lowest BCUT2D eigenvalue weighted by Crippen LogP contribution is -2.50. The van der Waals surface area contributed by atoms with Gasteiger partial charge in [0, 0.05) is 57.9 Å². The molecule has 0 aromatic rings. The molecule has 1 aliphatic rings. The topological polar surface area (TPSA) is 170 Å². The molecule has 5 N–H and O–H groups in total.